The highest BCUT2D eigenvalue weighted by Crippen LogP contribution is 2.30. The number of benzene rings is 1. The number of hydrogen-bond donors (Lipinski definition) is 2. The fourth-order valence-electron chi connectivity index (χ4n) is 2.09. The monoisotopic (exact) mass is 394 g/mol. The zero-order chi connectivity index (χ0) is 14.3. The number of pyridine rings is 1. The standard InChI is InChI=1S/C15H15ClN4.3ClH/c1-15(2,17)11-6-12(16)14(18-8-11)9-3-4-13-10(5-9)7-19-20-13;;;/h3-8H,17H2,1-2H3,(H,19,20);3*1H. The van der Waals surface area contributed by atoms with E-state index in [1.807, 2.05) is 38.1 Å². The summed E-state index contributed by atoms with van der Waals surface area (Å²) in [6.07, 6.45) is 3.56. The van der Waals surface area contributed by atoms with Crippen molar-refractivity contribution in [3.8, 4) is 11.3 Å². The molecular formula is C15H18Cl4N4. The normalized spacial score (nSPS) is 10.4. The number of nitrogens with zero attached hydrogens (tertiary/aromatic N) is 2. The predicted octanol–water partition coefficient (Wildman–Crippen LogP) is 4.74. The maximum atomic E-state index is 6.35. The van der Waals surface area contributed by atoms with E-state index in [0.29, 0.717) is 5.02 Å². The first-order valence-electron chi connectivity index (χ1n) is 6.33. The molecule has 0 aliphatic carbocycles. The summed E-state index contributed by atoms with van der Waals surface area (Å²) < 4.78 is 0. The fourth-order valence-corrected chi connectivity index (χ4v) is 2.37. The summed E-state index contributed by atoms with van der Waals surface area (Å²) in [6.45, 7) is 3.86. The first-order valence-corrected chi connectivity index (χ1v) is 6.71. The van der Waals surface area contributed by atoms with Crippen molar-refractivity contribution in [2.24, 2.45) is 5.73 Å². The summed E-state index contributed by atoms with van der Waals surface area (Å²) in [7, 11) is 0. The Hall–Kier alpha value is -1.04. The molecule has 4 nitrogen and oxygen atoms in total. The molecule has 0 aliphatic heterocycles. The van der Waals surface area contributed by atoms with Crippen molar-refractivity contribution in [1.82, 2.24) is 15.2 Å². The fraction of sp³-hybridized carbons (Fsp3) is 0.200. The summed E-state index contributed by atoms with van der Waals surface area (Å²) in [4.78, 5) is 4.46. The van der Waals surface area contributed by atoms with Gasteiger partial charge in [0.05, 0.1) is 22.4 Å². The highest BCUT2D eigenvalue weighted by Gasteiger charge is 2.17. The molecule has 126 valence electrons. The highest BCUT2D eigenvalue weighted by atomic mass is 35.5. The van der Waals surface area contributed by atoms with E-state index < -0.39 is 5.54 Å². The van der Waals surface area contributed by atoms with Crippen molar-refractivity contribution in [2.45, 2.75) is 19.4 Å². The van der Waals surface area contributed by atoms with Crippen molar-refractivity contribution < 1.29 is 0 Å². The zero-order valence-electron chi connectivity index (χ0n) is 12.5. The summed E-state index contributed by atoms with van der Waals surface area (Å²) in [5.41, 5.74) is 9.23. The van der Waals surface area contributed by atoms with Crippen LogP contribution in [0.5, 0.6) is 0 Å². The summed E-state index contributed by atoms with van der Waals surface area (Å²) >= 11 is 6.35. The second-order valence-corrected chi connectivity index (χ2v) is 5.86. The molecule has 23 heavy (non-hydrogen) atoms. The third kappa shape index (κ3) is 4.49. The van der Waals surface area contributed by atoms with Crippen LogP contribution in [0.25, 0.3) is 22.2 Å². The molecule has 0 aliphatic rings. The van der Waals surface area contributed by atoms with Crippen LogP contribution in [0.1, 0.15) is 19.4 Å². The first kappa shape index (κ1) is 22.0. The van der Waals surface area contributed by atoms with E-state index >= 15 is 0 Å². The van der Waals surface area contributed by atoms with Gasteiger partial charge in [0.15, 0.2) is 0 Å². The van der Waals surface area contributed by atoms with Gasteiger partial charge in [-0.15, -0.1) is 37.2 Å². The number of aromatic nitrogens is 3. The Labute approximate surface area is 158 Å². The summed E-state index contributed by atoms with van der Waals surface area (Å²) in [5.74, 6) is 0. The molecule has 0 unspecified atom stereocenters. The number of hydrogen-bond acceptors (Lipinski definition) is 3. The molecule has 0 saturated heterocycles. The molecule has 2 aromatic heterocycles. The minimum atomic E-state index is -0.455. The number of H-pyrrole nitrogens is 1. The number of rotatable bonds is 2. The van der Waals surface area contributed by atoms with Crippen LogP contribution >= 0.6 is 48.8 Å². The van der Waals surface area contributed by atoms with E-state index in [9.17, 15) is 0 Å². The number of aromatic amines is 1. The lowest BCUT2D eigenvalue weighted by molar-refractivity contribution is 0.552. The SMILES string of the molecule is CC(C)(N)c1cnc(-c2ccc3[nH]ncc3c2)c(Cl)c1.Cl.Cl.Cl. The van der Waals surface area contributed by atoms with Crippen molar-refractivity contribution >= 4 is 59.7 Å². The predicted molar refractivity (Wildman–Crippen MR) is 103 cm³/mol. The van der Waals surface area contributed by atoms with Gasteiger partial charge in [0.25, 0.3) is 0 Å². The summed E-state index contributed by atoms with van der Waals surface area (Å²) in [6, 6.07) is 7.84. The van der Waals surface area contributed by atoms with Crippen LogP contribution in [0, 0.1) is 0 Å². The average molecular weight is 396 g/mol. The molecule has 3 aromatic rings. The van der Waals surface area contributed by atoms with Crippen molar-refractivity contribution in [2.75, 3.05) is 0 Å². The van der Waals surface area contributed by atoms with E-state index in [0.717, 1.165) is 27.7 Å². The van der Waals surface area contributed by atoms with Crippen LogP contribution < -0.4 is 5.73 Å². The van der Waals surface area contributed by atoms with Gasteiger partial charge in [-0.2, -0.15) is 5.10 Å². The molecule has 2 heterocycles. The minimum absolute atomic E-state index is 0. The Kier molecular flexibility index (Phi) is 7.81. The molecule has 8 heteroatoms. The molecule has 1 aromatic carbocycles. The van der Waals surface area contributed by atoms with E-state index in [-0.39, 0.29) is 37.2 Å². The van der Waals surface area contributed by atoms with E-state index in [1.54, 1.807) is 12.4 Å². The van der Waals surface area contributed by atoms with Crippen molar-refractivity contribution in [3.63, 3.8) is 0 Å². The number of halogens is 4. The second kappa shape index (κ2) is 8.18. The van der Waals surface area contributed by atoms with Gasteiger partial charge >= 0.3 is 0 Å². The van der Waals surface area contributed by atoms with Crippen LogP contribution in [0.4, 0.5) is 0 Å². The Morgan fingerprint density at radius 2 is 1.78 bits per heavy atom. The van der Waals surface area contributed by atoms with Crippen LogP contribution in [-0.2, 0) is 5.54 Å². The van der Waals surface area contributed by atoms with Gasteiger partial charge in [0.1, 0.15) is 0 Å². The average Bonchev–Trinajstić information content (AvgIpc) is 2.84. The zero-order valence-corrected chi connectivity index (χ0v) is 15.7. The Balaban J connectivity index is 0.00000161. The van der Waals surface area contributed by atoms with Gasteiger partial charge in [-0.3, -0.25) is 10.1 Å². The molecule has 0 fully saturated rings. The van der Waals surface area contributed by atoms with Crippen LogP contribution in [0.15, 0.2) is 36.7 Å². The smallest absolute Gasteiger partial charge is 0.0888 e. The molecule has 3 N–H and O–H groups in total. The van der Waals surface area contributed by atoms with Crippen molar-refractivity contribution in [3.05, 3.63) is 47.2 Å². The van der Waals surface area contributed by atoms with Gasteiger partial charge < -0.3 is 5.73 Å². The molecule has 0 atom stereocenters. The molecule has 0 saturated carbocycles. The molecule has 0 radical (unpaired) electrons. The Morgan fingerprint density at radius 3 is 2.39 bits per heavy atom. The Morgan fingerprint density at radius 1 is 1.09 bits per heavy atom. The van der Waals surface area contributed by atoms with Crippen LogP contribution in [0.2, 0.25) is 5.02 Å². The molecule has 0 spiro atoms. The van der Waals surface area contributed by atoms with Gasteiger partial charge in [0.2, 0.25) is 0 Å². The largest absolute Gasteiger partial charge is 0.322 e. The second-order valence-electron chi connectivity index (χ2n) is 5.45. The molecular weight excluding hydrogens is 378 g/mol. The van der Waals surface area contributed by atoms with Crippen LogP contribution in [-0.4, -0.2) is 15.2 Å². The lowest BCUT2D eigenvalue weighted by Crippen LogP contribution is -2.28. The third-order valence-electron chi connectivity index (χ3n) is 3.30. The lowest BCUT2D eigenvalue weighted by atomic mass is 9.97. The Bertz CT molecular complexity index is 780. The number of fused-ring (bicyclic) bond motifs is 1. The number of nitrogens with one attached hydrogen (secondary N) is 1. The maximum absolute atomic E-state index is 6.35. The minimum Gasteiger partial charge on any atom is -0.322 e. The van der Waals surface area contributed by atoms with Crippen molar-refractivity contribution in [1.29, 1.82) is 0 Å². The molecule has 0 bridgehead atoms. The number of nitrogens with two attached hydrogens (primary N) is 1. The summed E-state index contributed by atoms with van der Waals surface area (Å²) in [5, 5.41) is 8.56. The molecule has 3 rings (SSSR count). The van der Waals surface area contributed by atoms with E-state index in [4.69, 9.17) is 17.3 Å². The maximum Gasteiger partial charge on any atom is 0.0888 e. The van der Waals surface area contributed by atoms with Gasteiger partial charge in [-0.25, -0.2) is 0 Å². The van der Waals surface area contributed by atoms with Gasteiger partial charge in [-0.05, 0) is 37.6 Å². The highest BCUT2D eigenvalue weighted by molar-refractivity contribution is 6.33. The molecule has 0 amide bonds. The van der Waals surface area contributed by atoms with E-state index in [1.165, 1.54) is 0 Å². The van der Waals surface area contributed by atoms with Gasteiger partial charge in [0, 0.05) is 22.7 Å². The van der Waals surface area contributed by atoms with E-state index in [2.05, 4.69) is 15.2 Å². The quantitative estimate of drug-likeness (QED) is 0.658. The third-order valence-corrected chi connectivity index (χ3v) is 3.59. The topological polar surface area (TPSA) is 67.6 Å². The first-order chi connectivity index (χ1) is 9.45. The lowest BCUT2D eigenvalue weighted by Gasteiger charge is -2.19. The van der Waals surface area contributed by atoms with Crippen LogP contribution in [0.3, 0.4) is 0 Å². The van der Waals surface area contributed by atoms with Gasteiger partial charge in [-0.1, -0.05) is 17.7 Å².